The Morgan fingerprint density at radius 1 is 1.22 bits per heavy atom. The summed E-state index contributed by atoms with van der Waals surface area (Å²) in [6.07, 6.45) is 1.36. The van der Waals surface area contributed by atoms with Crippen molar-refractivity contribution in [3.8, 4) is 0 Å². The largest absolute Gasteiger partial charge is 0.305 e. The van der Waals surface area contributed by atoms with E-state index < -0.39 is 0 Å². The molecule has 0 saturated heterocycles. The van der Waals surface area contributed by atoms with Crippen molar-refractivity contribution >= 4 is 22.7 Å². The van der Waals surface area contributed by atoms with Crippen LogP contribution in [0.3, 0.4) is 0 Å². The molecule has 0 aromatic carbocycles. The van der Waals surface area contributed by atoms with Crippen LogP contribution in [-0.2, 0) is 0 Å². The third-order valence-corrected chi connectivity index (χ3v) is 5.82. The third-order valence-electron chi connectivity index (χ3n) is 3.94. The van der Waals surface area contributed by atoms with Gasteiger partial charge in [0.15, 0.2) is 0 Å². The Morgan fingerprint density at radius 3 is 2.17 bits per heavy atom. The second-order valence-electron chi connectivity index (χ2n) is 5.76. The Hall–Kier alpha value is -0.640. The smallest absolute Gasteiger partial charge is 0.0764 e. The van der Waals surface area contributed by atoms with E-state index in [-0.39, 0.29) is 0 Å². The van der Waals surface area contributed by atoms with Crippen molar-refractivity contribution in [2.24, 2.45) is 11.3 Å². The van der Waals surface area contributed by atoms with E-state index in [0.717, 1.165) is 12.5 Å². The van der Waals surface area contributed by atoms with E-state index >= 15 is 0 Å². The van der Waals surface area contributed by atoms with Crippen molar-refractivity contribution in [1.82, 2.24) is 5.32 Å². The predicted molar refractivity (Wildman–Crippen MR) is 80.4 cm³/mol. The summed E-state index contributed by atoms with van der Waals surface area (Å²) in [5, 5.41) is 8.09. The van der Waals surface area contributed by atoms with Gasteiger partial charge in [-0.3, -0.25) is 0 Å². The zero-order valence-corrected chi connectivity index (χ0v) is 12.5. The lowest BCUT2D eigenvalue weighted by Crippen LogP contribution is -2.24. The van der Waals surface area contributed by atoms with Gasteiger partial charge in [0.1, 0.15) is 0 Å². The first-order valence-corrected chi connectivity index (χ1v) is 8.23. The van der Waals surface area contributed by atoms with E-state index in [0.29, 0.717) is 11.5 Å². The van der Waals surface area contributed by atoms with E-state index in [1.807, 2.05) is 22.7 Å². The first-order valence-electron chi connectivity index (χ1n) is 6.47. The lowest BCUT2D eigenvalue weighted by Gasteiger charge is -2.16. The fourth-order valence-electron chi connectivity index (χ4n) is 2.44. The first-order chi connectivity index (χ1) is 8.67. The van der Waals surface area contributed by atoms with E-state index in [2.05, 4.69) is 54.2 Å². The van der Waals surface area contributed by atoms with Gasteiger partial charge in [-0.25, -0.2) is 0 Å². The average Bonchev–Trinajstić information content (AvgIpc) is 2.86. The summed E-state index contributed by atoms with van der Waals surface area (Å²) in [6.45, 7) is 5.86. The van der Waals surface area contributed by atoms with Gasteiger partial charge in [0.25, 0.3) is 0 Å². The maximum atomic E-state index is 3.76. The first kappa shape index (κ1) is 12.4. The molecule has 96 valence electrons. The van der Waals surface area contributed by atoms with E-state index in [1.165, 1.54) is 16.2 Å². The fraction of sp³-hybridized carbons (Fsp3) is 0.467. The Labute approximate surface area is 117 Å². The van der Waals surface area contributed by atoms with Crippen LogP contribution in [0, 0.1) is 11.3 Å². The molecule has 1 atom stereocenters. The highest BCUT2D eigenvalue weighted by atomic mass is 32.1. The summed E-state index contributed by atoms with van der Waals surface area (Å²) in [7, 11) is 0. The standard InChI is InChI=1S/C15H19NS2/c1-15(2)9-11(15)10-16-14(12-5-3-7-17-12)13-6-4-8-18-13/h3-8,11,14,16H,9-10H2,1-2H3. The Balaban J connectivity index is 1.71. The normalized spacial score (nSPS) is 21.4. The van der Waals surface area contributed by atoms with Gasteiger partial charge in [0.05, 0.1) is 6.04 Å². The summed E-state index contributed by atoms with van der Waals surface area (Å²) < 4.78 is 0. The maximum Gasteiger partial charge on any atom is 0.0764 e. The number of nitrogens with one attached hydrogen (secondary N) is 1. The Morgan fingerprint density at radius 2 is 1.78 bits per heavy atom. The van der Waals surface area contributed by atoms with Gasteiger partial charge < -0.3 is 5.32 Å². The van der Waals surface area contributed by atoms with Gasteiger partial charge >= 0.3 is 0 Å². The summed E-state index contributed by atoms with van der Waals surface area (Å²) in [5.41, 5.74) is 0.558. The fourth-order valence-corrected chi connectivity index (χ4v) is 4.15. The molecule has 0 aliphatic heterocycles. The van der Waals surface area contributed by atoms with Crippen molar-refractivity contribution in [3.05, 3.63) is 44.8 Å². The maximum absolute atomic E-state index is 3.76. The van der Waals surface area contributed by atoms with Crippen LogP contribution >= 0.6 is 22.7 Å². The summed E-state index contributed by atoms with van der Waals surface area (Å²) >= 11 is 3.69. The van der Waals surface area contributed by atoms with E-state index in [4.69, 9.17) is 0 Å². The number of rotatable bonds is 5. The molecule has 3 rings (SSSR count). The molecule has 0 bridgehead atoms. The highest BCUT2D eigenvalue weighted by molar-refractivity contribution is 7.11. The minimum absolute atomic E-state index is 0.390. The zero-order chi connectivity index (χ0) is 12.6. The van der Waals surface area contributed by atoms with Crippen LogP contribution in [0.2, 0.25) is 0 Å². The quantitative estimate of drug-likeness (QED) is 0.846. The molecule has 0 radical (unpaired) electrons. The van der Waals surface area contributed by atoms with Crippen molar-refractivity contribution in [2.75, 3.05) is 6.54 Å². The summed E-state index contributed by atoms with van der Waals surface area (Å²) in [4.78, 5) is 2.85. The zero-order valence-electron chi connectivity index (χ0n) is 10.8. The lowest BCUT2D eigenvalue weighted by atomic mass is 10.1. The molecule has 1 aliphatic rings. The summed E-state index contributed by atoms with van der Waals surface area (Å²) in [6, 6.07) is 9.15. The van der Waals surface area contributed by atoms with Crippen molar-refractivity contribution in [2.45, 2.75) is 26.3 Å². The molecule has 18 heavy (non-hydrogen) atoms. The monoisotopic (exact) mass is 277 g/mol. The van der Waals surface area contributed by atoms with Crippen LogP contribution in [0.25, 0.3) is 0 Å². The van der Waals surface area contributed by atoms with E-state index in [1.54, 1.807) is 0 Å². The molecule has 3 heteroatoms. The van der Waals surface area contributed by atoms with Crippen molar-refractivity contribution in [1.29, 1.82) is 0 Å². The van der Waals surface area contributed by atoms with Crippen LogP contribution in [0.1, 0.15) is 36.1 Å². The molecule has 1 unspecified atom stereocenters. The molecule has 1 fully saturated rings. The molecule has 2 heterocycles. The van der Waals surface area contributed by atoms with Crippen LogP contribution in [0.4, 0.5) is 0 Å². The molecule has 1 aliphatic carbocycles. The van der Waals surface area contributed by atoms with Crippen LogP contribution in [0.15, 0.2) is 35.0 Å². The molecule has 0 amide bonds. The van der Waals surface area contributed by atoms with Gasteiger partial charge in [-0.15, -0.1) is 22.7 Å². The second-order valence-corrected chi connectivity index (χ2v) is 7.72. The predicted octanol–water partition coefficient (Wildman–Crippen LogP) is 4.53. The molecule has 2 aromatic heterocycles. The van der Waals surface area contributed by atoms with Crippen molar-refractivity contribution in [3.63, 3.8) is 0 Å². The Bertz CT molecular complexity index is 450. The van der Waals surface area contributed by atoms with Gasteiger partial charge in [-0.1, -0.05) is 26.0 Å². The molecule has 0 spiro atoms. The third kappa shape index (κ3) is 2.53. The highest BCUT2D eigenvalue weighted by Gasteiger charge is 2.45. The van der Waals surface area contributed by atoms with Crippen LogP contribution in [0.5, 0.6) is 0 Å². The van der Waals surface area contributed by atoms with E-state index in [9.17, 15) is 0 Å². The number of hydrogen-bond acceptors (Lipinski definition) is 3. The topological polar surface area (TPSA) is 12.0 Å². The lowest BCUT2D eigenvalue weighted by molar-refractivity contribution is 0.501. The van der Waals surface area contributed by atoms with Gasteiger partial charge in [-0.2, -0.15) is 0 Å². The van der Waals surface area contributed by atoms with Gasteiger partial charge in [0, 0.05) is 9.75 Å². The average molecular weight is 277 g/mol. The second kappa shape index (κ2) is 4.80. The van der Waals surface area contributed by atoms with Crippen LogP contribution < -0.4 is 5.32 Å². The minimum atomic E-state index is 0.390. The molecular weight excluding hydrogens is 258 g/mol. The SMILES string of the molecule is CC1(C)CC1CNC(c1cccs1)c1cccs1. The van der Waals surface area contributed by atoms with Crippen LogP contribution in [-0.4, -0.2) is 6.54 Å². The minimum Gasteiger partial charge on any atom is -0.305 e. The number of hydrogen-bond donors (Lipinski definition) is 1. The molecule has 1 nitrogen and oxygen atoms in total. The van der Waals surface area contributed by atoms with Crippen molar-refractivity contribution < 1.29 is 0 Å². The molecule has 1 saturated carbocycles. The molecule has 1 N–H and O–H groups in total. The van der Waals surface area contributed by atoms with Gasteiger partial charge in [0.2, 0.25) is 0 Å². The summed E-state index contributed by atoms with van der Waals surface area (Å²) in [5.74, 6) is 0.847. The van der Waals surface area contributed by atoms with Gasteiger partial charge in [-0.05, 0) is 47.2 Å². The molecular formula is C15H19NS2. The highest BCUT2D eigenvalue weighted by Crippen LogP contribution is 2.51. The Kier molecular flexibility index (Phi) is 3.31. The number of thiophene rings is 2. The molecule has 2 aromatic rings.